The van der Waals surface area contributed by atoms with Crippen molar-refractivity contribution in [1.29, 1.82) is 0 Å². The smallest absolute Gasteiger partial charge is 0.126 e. The van der Waals surface area contributed by atoms with Gasteiger partial charge in [-0.15, -0.1) is 0 Å². The molecule has 0 unspecified atom stereocenters. The Balaban J connectivity index is 2.21. The maximum absolute atomic E-state index is 4.61. The van der Waals surface area contributed by atoms with Crippen LogP contribution >= 0.6 is 0 Å². The second-order valence-corrected chi connectivity index (χ2v) is 6.69. The molecular formula is C14H26N4. The molecule has 0 aliphatic carbocycles. The maximum Gasteiger partial charge on any atom is 0.126 e. The van der Waals surface area contributed by atoms with Crippen molar-refractivity contribution in [1.82, 2.24) is 20.2 Å². The molecule has 18 heavy (non-hydrogen) atoms. The van der Waals surface area contributed by atoms with E-state index in [-0.39, 0.29) is 11.0 Å². The van der Waals surface area contributed by atoms with Crippen LogP contribution in [0, 0.1) is 0 Å². The van der Waals surface area contributed by atoms with Crippen molar-refractivity contribution in [3.05, 3.63) is 17.7 Å². The van der Waals surface area contributed by atoms with E-state index in [9.17, 15) is 0 Å². The van der Waals surface area contributed by atoms with Gasteiger partial charge in [0, 0.05) is 43.5 Å². The van der Waals surface area contributed by atoms with Crippen LogP contribution < -0.4 is 5.32 Å². The zero-order valence-electron chi connectivity index (χ0n) is 12.3. The summed E-state index contributed by atoms with van der Waals surface area (Å²) in [5.74, 6) is 1.08. The summed E-state index contributed by atoms with van der Waals surface area (Å²) < 4.78 is 0. The Morgan fingerprint density at radius 1 is 1.11 bits per heavy atom. The molecule has 0 atom stereocenters. The number of hydrogen-bond acceptors (Lipinski definition) is 3. The molecule has 0 radical (unpaired) electrons. The van der Waals surface area contributed by atoms with Gasteiger partial charge < -0.3 is 10.3 Å². The summed E-state index contributed by atoms with van der Waals surface area (Å²) >= 11 is 0. The number of piperazine rings is 1. The molecule has 0 aromatic carbocycles. The lowest BCUT2D eigenvalue weighted by Gasteiger charge is -2.39. The fraction of sp³-hybridized carbons (Fsp3) is 0.786. The third kappa shape index (κ3) is 2.59. The van der Waals surface area contributed by atoms with Gasteiger partial charge in [-0.25, -0.2) is 4.98 Å². The third-order valence-electron chi connectivity index (χ3n) is 3.87. The lowest BCUT2D eigenvalue weighted by atomic mass is 9.93. The average Bonchev–Trinajstić information content (AvgIpc) is 2.79. The van der Waals surface area contributed by atoms with Crippen molar-refractivity contribution < 1.29 is 0 Å². The molecule has 0 saturated carbocycles. The molecule has 1 saturated heterocycles. The number of hydrogen-bond donors (Lipinski definition) is 2. The topological polar surface area (TPSA) is 44.0 Å². The van der Waals surface area contributed by atoms with E-state index in [0.717, 1.165) is 32.0 Å². The van der Waals surface area contributed by atoms with Crippen LogP contribution in [0.2, 0.25) is 0 Å². The van der Waals surface area contributed by atoms with Crippen LogP contribution in [-0.2, 0) is 11.0 Å². The van der Waals surface area contributed by atoms with E-state index in [1.165, 1.54) is 5.69 Å². The highest BCUT2D eigenvalue weighted by Gasteiger charge is 2.33. The highest BCUT2D eigenvalue weighted by Crippen LogP contribution is 2.28. The summed E-state index contributed by atoms with van der Waals surface area (Å²) in [4.78, 5) is 10.6. The zero-order valence-corrected chi connectivity index (χ0v) is 12.3. The molecule has 1 aromatic heterocycles. The second-order valence-electron chi connectivity index (χ2n) is 6.69. The van der Waals surface area contributed by atoms with Gasteiger partial charge in [0.1, 0.15) is 5.82 Å². The van der Waals surface area contributed by atoms with E-state index in [1.54, 1.807) is 0 Å². The van der Waals surface area contributed by atoms with Crippen molar-refractivity contribution in [3.63, 3.8) is 0 Å². The number of imidazole rings is 1. The lowest BCUT2D eigenvalue weighted by molar-refractivity contribution is 0.0954. The second kappa shape index (κ2) is 4.67. The van der Waals surface area contributed by atoms with Crippen molar-refractivity contribution in [2.24, 2.45) is 0 Å². The highest BCUT2D eigenvalue weighted by atomic mass is 15.3. The summed E-state index contributed by atoms with van der Waals surface area (Å²) in [6.45, 7) is 15.4. The van der Waals surface area contributed by atoms with E-state index in [0.29, 0.717) is 0 Å². The third-order valence-corrected chi connectivity index (χ3v) is 3.87. The van der Waals surface area contributed by atoms with E-state index in [1.807, 2.05) is 6.20 Å². The summed E-state index contributed by atoms with van der Waals surface area (Å²) in [5, 5.41) is 3.40. The number of nitrogens with zero attached hydrogens (tertiary/aromatic N) is 2. The van der Waals surface area contributed by atoms with Crippen LogP contribution in [0.5, 0.6) is 0 Å². The van der Waals surface area contributed by atoms with Crippen molar-refractivity contribution >= 4 is 0 Å². The summed E-state index contributed by atoms with van der Waals surface area (Å²) in [6.07, 6.45) is 1.99. The standard InChI is InChI=1S/C14H26N4/c1-13(2,3)11-10-16-12(17-11)14(4,5)18-8-6-15-7-9-18/h10,15H,6-9H2,1-5H3,(H,16,17). The number of aromatic amines is 1. The van der Waals surface area contributed by atoms with Gasteiger partial charge in [-0.05, 0) is 13.8 Å². The molecule has 1 aliphatic heterocycles. The van der Waals surface area contributed by atoms with E-state index in [2.05, 4.69) is 54.8 Å². The van der Waals surface area contributed by atoms with Crippen LogP contribution in [0.3, 0.4) is 0 Å². The highest BCUT2D eigenvalue weighted by molar-refractivity contribution is 5.15. The number of rotatable bonds is 2. The van der Waals surface area contributed by atoms with Gasteiger partial charge in [0.2, 0.25) is 0 Å². The Bertz CT molecular complexity index is 394. The van der Waals surface area contributed by atoms with E-state index in [4.69, 9.17) is 0 Å². The van der Waals surface area contributed by atoms with Crippen LogP contribution in [0.4, 0.5) is 0 Å². The number of H-pyrrole nitrogens is 1. The molecule has 2 rings (SSSR count). The van der Waals surface area contributed by atoms with E-state index >= 15 is 0 Å². The molecule has 0 bridgehead atoms. The number of aromatic nitrogens is 2. The van der Waals surface area contributed by atoms with Crippen LogP contribution in [0.25, 0.3) is 0 Å². The summed E-state index contributed by atoms with van der Waals surface area (Å²) in [6, 6.07) is 0. The zero-order chi connectivity index (χ0) is 13.4. The van der Waals surface area contributed by atoms with Gasteiger partial charge in [-0.3, -0.25) is 4.90 Å². The molecule has 0 amide bonds. The molecule has 1 aliphatic rings. The minimum Gasteiger partial charge on any atom is -0.344 e. The fourth-order valence-corrected chi connectivity index (χ4v) is 2.39. The summed E-state index contributed by atoms with van der Waals surface area (Å²) in [7, 11) is 0. The van der Waals surface area contributed by atoms with Gasteiger partial charge in [-0.1, -0.05) is 20.8 Å². The van der Waals surface area contributed by atoms with Gasteiger partial charge in [0.05, 0.1) is 5.54 Å². The molecule has 102 valence electrons. The van der Waals surface area contributed by atoms with Gasteiger partial charge in [0.25, 0.3) is 0 Å². The Labute approximate surface area is 110 Å². The molecule has 4 heteroatoms. The Kier molecular flexibility index (Phi) is 3.52. The molecule has 2 heterocycles. The molecule has 1 aromatic rings. The van der Waals surface area contributed by atoms with Crippen LogP contribution in [-0.4, -0.2) is 41.0 Å². The van der Waals surface area contributed by atoms with Crippen molar-refractivity contribution in [3.8, 4) is 0 Å². The van der Waals surface area contributed by atoms with Gasteiger partial charge in [0.15, 0.2) is 0 Å². The quantitative estimate of drug-likeness (QED) is 0.842. The van der Waals surface area contributed by atoms with Crippen molar-refractivity contribution in [2.75, 3.05) is 26.2 Å². The SMILES string of the molecule is CC(C)(C)c1cnc(C(C)(C)N2CCNCC2)[nH]1. The molecular weight excluding hydrogens is 224 g/mol. The van der Waals surface area contributed by atoms with Crippen LogP contribution in [0.15, 0.2) is 6.20 Å². The maximum atomic E-state index is 4.61. The predicted molar refractivity (Wildman–Crippen MR) is 74.8 cm³/mol. The minimum atomic E-state index is -0.0222. The van der Waals surface area contributed by atoms with Crippen LogP contribution in [0.1, 0.15) is 46.1 Å². The first-order chi connectivity index (χ1) is 8.32. The van der Waals surface area contributed by atoms with Gasteiger partial charge >= 0.3 is 0 Å². The van der Waals surface area contributed by atoms with Crippen molar-refractivity contribution in [2.45, 2.75) is 45.6 Å². The Hall–Kier alpha value is -0.870. The Morgan fingerprint density at radius 3 is 2.22 bits per heavy atom. The predicted octanol–water partition coefficient (Wildman–Crippen LogP) is 1.85. The molecule has 4 nitrogen and oxygen atoms in total. The first kappa shape index (κ1) is 13.6. The normalized spacial score (nSPS) is 19.2. The molecule has 1 fully saturated rings. The first-order valence-corrected chi connectivity index (χ1v) is 6.83. The Morgan fingerprint density at radius 2 is 1.72 bits per heavy atom. The number of nitrogens with one attached hydrogen (secondary N) is 2. The monoisotopic (exact) mass is 250 g/mol. The van der Waals surface area contributed by atoms with Gasteiger partial charge in [-0.2, -0.15) is 0 Å². The summed E-state index contributed by atoms with van der Waals surface area (Å²) in [5.41, 5.74) is 1.32. The largest absolute Gasteiger partial charge is 0.344 e. The minimum absolute atomic E-state index is 0.0222. The van der Waals surface area contributed by atoms with E-state index < -0.39 is 0 Å². The first-order valence-electron chi connectivity index (χ1n) is 6.83. The molecule has 0 spiro atoms. The fourth-order valence-electron chi connectivity index (χ4n) is 2.39. The molecule has 2 N–H and O–H groups in total. The average molecular weight is 250 g/mol. The lowest BCUT2D eigenvalue weighted by Crippen LogP contribution is -2.52.